The van der Waals surface area contributed by atoms with Crippen molar-refractivity contribution < 1.29 is 14.6 Å². The van der Waals surface area contributed by atoms with Crippen LogP contribution in [0.1, 0.15) is 17.3 Å². The average molecular weight is 258 g/mol. The molecule has 1 unspecified atom stereocenters. The number of carbonyl (C=O) groups excluding carboxylic acids is 1. The second-order valence-electron chi connectivity index (χ2n) is 3.78. The van der Waals surface area contributed by atoms with Crippen molar-refractivity contribution >= 4 is 17.5 Å². The van der Waals surface area contributed by atoms with Crippen LogP contribution in [0.2, 0.25) is 0 Å². The van der Waals surface area contributed by atoms with E-state index in [0.717, 1.165) is 0 Å². The summed E-state index contributed by atoms with van der Waals surface area (Å²) >= 11 is 5.70. The van der Waals surface area contributed by atoms with E-state index in [-0.39, 0.29) is 29.0 Å². The van der Waals surface area contributed by atoms with Gasteiger partial charge < -0.3 is 14.7 Å². The fourth-order valence-corrected chi connectivity index (χ4v) is 1.56. The van der Waals surface area contributed by atoms with E-state index in [1.54, 1.807) is 25.2 Å². The minimum atomic E-state index is -0.283. The van der Waals surface area contributed by atoms with Crippen LogP contribution in [-0.4, -0.2) is 42.0 Å². The molecule has 1 N–H and O–H groups in total. The molecule has 0 spiro atoms. The third-order valence-corrected chi connectivity index (χ3v) is 3.10. The Balaban J connectivity index is 3.04. The average Bonchev–Trinajstić information content (AvgIpc) is 2.36. The van der Waals surface area contributed by atoms with Crippen LogP contribution >= 0.6 is 11.6 Å². The number of phenols is 1. The van der Waals surface area contributed by atoms with Crippen molar-refractivity contribution in [2.75, 3.05) is 20.0 Å². The van der Waals surface area contributed by atoms with E-state index in [1.165, 1.54) is 12.0 Å². The SMILES string of the molecule is COc1cccc(C(=O)N(C)C(C)CCl)c1O. The van der Waals surface area contributed by atoms with Gasteiger partial charge in [0.1, 0.15) is 0 Å². The molecule has 0 aliphatic rings. The summed E-state index contributed by atoms with van der Waals surface area (Å²) in [6.07, 6.45) is 0. The molecule has 1 aromatic carbocycles. The van der Waals surface area contributed by atoms with Crippen LogP contribution in [0, 0.1) is 0 Å². The monoisotopic (exact) mass is 257 g/mol. The van der Waals surface area contributed by atoms with E-state index < -0.39 is 0 Å². The number of hydrogen-bond donors (Lipinski definition) is 1. The van der Waals surface area contributed by atoms with Crippen LogP contribution in [0.15, 0.2) is 18.2 Å². The van der Waals surface area contributed by atoms with E-state index in [2.05, 4.69) is 0 Å². The number of phenolic OH excluding ortho intramolecular Hbond substituents is 1. The van der Waals surface area contributed by atoms with Gasteiger partial charge in [0, 0.05) is 19.0 Å². The summed E-state index contributed by atoms with van der Waals surface area (Å²) in [5, 5.41) is 9.86. The largest absolute Gasteiger partial charge is 0.504 e. The van der Waals surface area contributed by atoms with Crippen molar-refractivity contribution in [3.8, 4) is 11.5 Å². The molecule has 0 fully saturated rings. The number of aromatic hydroxyl groups is 1. The number of amides is 1. The van der Waals surface area contributed by atoms with Gasteiger partial charge in [-0.15, -0.1) is 11.6 Å². The number of para-hydroxylation sites is 1. The predicted octanol–water partition coefficient (Wildman–Crippen LogP) is 2.10. The molecule has 94 valence electrons. The van der Waals surface area contributed by atoms with Crippen molar-refractivity contribution in [3.63, 3.8) is 0 Å². The second-order valence-corrected chi connectivity index (χ2v) is 4.08. The van der Waals surface area contributed by atoms with Gasteiger partial charge in [0.25, 0.3) is 5.91 Å². The molecule has 0 aliphatic heterocycles. The lowest BCUT2D eigenvalue weighted by Gasteiger charge is -2.23. The Morgan fingerprint density at radius 3 is 2.76 bits per heavy atom. The summed E-state index contributed by atoms with van der Waals surface area (Å²) in [6.45, 7) is 1.84. The molecule has 1 aromatic rings. The molecule has 1 rings (SSSR count). The zero-order valence-corrected chi connectivity index (χ0v) is 10.9. The number of rotatable bonds is 4. The van der Waals surface area contributed by atoms with Crippen LogP contribution in [-0.2, 0) is 0 Å². The molecule has 1 amide bonds. The Morgan fingerprint density at radius 1 is 1.59 bits per heavy atom. The van der Waals surface area contributed by atoms with Crippen molar-refractivity contribution in [1.82, 2.24) is 4.90 Å². The molecule has 17 heavy (non-hydrogen) atoms. The van der Waals surface area contributed by atoms with Crippen molar-refractivity contribution in [1.29, 1.82) is 0 Å². The maximum absolute atomic E-state index is 12.1. The fraction of sp³-hybridized carbons (Fsp3) is 0.417. The Bertz CT molecular complexity index is 409. The molecule has 0 saturated carbocycles. The highest BCUT2D eigenvalue weighted by atomic mass is 35.5. The lowest BCUT2D eigenvalue weighted by Crippen LogP contribution is -2.36. The Morgan fingerprint density at radius 2 is 2.24 bits per heavy atom. The zero-order chi connectivity index (χ0) is 13.0. The second kappa shape index (κ2) is 5.77. The van der Waals surface area contributed by atoms with Crippen molar-refractivity contribution in [3.05, 3.63) is 23.8 Å². The number of alkyl halides is 1. The van der Waals surface area contributed by atoms with Crippen LogP contribution in [0.4, 0.5) is 0 Å². The van der Waals surface area contributed by atoms with Crippen LogP contribution in [0.5, 0.6) is 11.5 Å². The van der Waals surface area contributed by atoms with Gasteiger partial charge in [-0.2, -0.15) is 0 Å². The zero-order valence-electron chi connectivity index (χ0n) is 10.1. The normalized spacial score (nSPS) is 12.0. The van der Waals surface area contributed by atoms with Crippen molar-refractivity contribution in [2.24, 2.45) is 0 Å². The summed E-state index contributed by atoms with van der Waals surface area (Å²) in [5.41, 5.74) is 0.212. The van der Waals surface area contributed by atoms with E-state index in [9.17, 15) is 9.90 Å². The smallest absolute Gasteiger partial charge is 0.257 e. The van der Waals surface area contributed by atoms with Gasteiger partial charge in [-0.3, -0.25) is 4.79 Å². The number of nitrogens with zero attached hydrogens (tertiary/aromatic N) is 1. The minimum Gasteiger partial charge on any atom is -0.504 e. The fourth-order valence-electron chi connectivity index (χ4n) is 1.35. The maximum atomic E-state index is 12.1. The van der Waals surface area contributed by atoms with Gasteiger partial charge in [0.15, 0.2) is 11.5 Å². The molecule has 5 heteroatoms. The van der Waals surface area contributed by atoms with Gasteiger partial charge in [0.05, 0.1) is 12.7 Å². The number of carbonyl (C=O) groups is 1. The number of methoxy groups -OCH3 is 1. The Labute approximate surface area is 106 Å². The van der Waals surface area contributed by atoms with Crippen LogP contribution in [0.3, 0.4) is 0 Å². The number of halogens is 1. The molecular formula is C12H16ClNO3. The molecule has 0 aliphatic carbocycles. The molecule has 0 heterocycles. The maximum Gasteiger partial charge on any atom is 0.257 e. The van der Waals surface area contributed by atoms with E-state index in [0.29, 0.717) is 5.88 Å². The standard InChI is InChI=1S/C12H16ClNO3/c1-8(7-13)14(2)12(16)9-5-4-6-10(17-3)11(9)15/h4-6,8,15H,7H2,1-3H3. The lowest BCUT2D eigenvalue weighted by atomic mass is 10.1. The van der Waals surface area contributed by atoms with Gasteiger partial charge >= 0.3 is 0 Å². The first-order chi connectivity index (χ1) is 8.02. The summed E-state index contributed by atoms with van der Waals surface area (Å²) in [6, 6.07) is 4.70. The van der Waals surface area contributed by atoms with Gasteiger partial charge in [0.2, 0.25) is 0 Å². The highest BCUT2D eigenvalue weighted by molar-refractivity contribution is 6.18. The Hall–Kier alpha value is -1.42. The van der Waals surface area contributed by atoms with E-state index in [1.807, 2.05) is 6.92 Å². The van der Waals surface area contributed by atoms with Crippen LogP contribution < -0.4 is 4.74 Å². The quantitative estimate of drug-likeness (QED) is 0.841. The van der Waals surface area contributed by atoms with Crippen molar-refractivity contribution in [2.45, 2.75) is 13.0 Å². The highest BCUT2D eigenvalue weighted by Crippen LogP contribution is 2.30. The first kappa shape index (κ1) is 13.6. The molecule has 4 nitrogen and oxygen atoms in total. The molecule has 0 aromatic heterocycles. The summed E-state index contributed by atoms with van der Waals surface area (Å²) < 4.78 is 4.96. The lowest BCUT2D eigenvalue weighted by molar-refractivity contribution is 0.0753. The van der Waals surface area contributed by atoms with E-state index in [4.69, 9.17) is 16.3 Å². The number of hydrogen-bond acceptors (Lipinski definition) is 3. The van der Waals surface area contributed by atoms with Gasteiger partial charge in [-0.1, -0.05) is 6.07 Å². The Kier molecular flexibility index (Phi) is 4.63. The number of benzene rings is 1. The van der Waals surface area contributed by atoms with Crippen LogP contribution in [0.25, 0.3) is 0 Å². The molecule has 1 atom stereocenters. The predicted molar refractivity (Wildman–Crippen MR) is 66.9 cm³/mol. The summed E-state index contributed by atoms with van der Waals surface area (Å²) in [7, 11) is 3.09. The van der Waals surface area contributed by atoms with Gasteiger partial charge in [-0.25, -0.2) is 0 Å². The summed E-state index contributed by atoms with van der Waals surface area (Å²) in [5.74, 6) is 0.193. The minimum absolute atomic E-state index is 0.102. The molecule has 0 saturated heterocycles. The topological polar surface area (TPSA) is 49.8 Å². The molecule has 0 bridgehead atoms. The molecule has 0 radical (unpaired) electrons. The van der Waals surface area contributed by atoms with E-state index >= 15 is 0 Å². The molecular weight excluding hydrogens is 242 g/mol. The third-order valence-electron chi connectivity index (χ3n) is 2.65. The first-order valence-corrected chi connectivity index (χ1v) is 5.75. The number of ether oxygens (including phenoxy) is 1. The summed E-state index contributed by atoms with van der Waals surface area (Å²) in [4.78, 5) is 13.6. The third kappa shape index (κ3) is 2.82. The first-order valence-electron chi connectivity index (χ1n) is 5.22. The van der Waals surface area contributed by atoms with Gasteiger partial charge in [-0.05, 0) is 19.1 Å². The highest BCUT2D eigenvalue weighted by Gasteiger charge is 2.21.